The fraction of sp³-hybridized carbons (Fsp3) is 0.211. The third-order valence-corrected chi connectivity index (χ3v) is 4.28. The van der Waals surface area contributed by atoms with E-state index in [9.17, 15) is 4.79 Å². The van der Waals surface area contributed by atoms with Gasteiger partial charge in [-0.1, -0.05) is 5.16 Å². The normalized spacial score (nSPS) is 11.0. The van der Waals surface area contributed by atoms with Crippen LogP contribution in [0.1, 0.15) is 16.4 Å². The molecule has 0 fully saturated rings. The van der Waals surface area contributed by atoms with E-state index in [1.54, 1.807) is 31.2 Å². The first-order valence-corrected chi connectivity index (χ1v) is 8.43. The predicted molar refractivity (Wildman–Crippen MR) is 97.5 cm³/mol. The number of hydrogen-bond donors (Lipinski definition) is 1. The molecule has 4 rings (SSSR count). The van der Waals surface area contributed by atoms with Gasteiger partial charge in [-0.2, -0.15) is 4.98 Å². The lowest BCUT2D eigenvalue weighted by Gasteiger charge is -2.14. The zero-order valence-corrected chi connectivity index (χ0v) is 14.9. The molecular weight excluding hydrogens is 348 g/mol. The highest BCUT2D eigenvalue weighted by Crippen LogP contribution is 2.26. The number of nitrogens with one attached hydrogen (secondary N) is 1. The van der Waals surface area contributed by atoms with Gasteiger partial charge in [0, 0.05) is 37.0 Å². The molecule has 0 unspecified atom stereocenters. The van der Waals surface area contributed by atoms with Crippen molar-refractivity contribution in [1.82, 2.24) is 20.0 Å². The Morgan fingerprint density at radius 1 is 1.30 bits per heavy atom. The minimum atomic E-state index is -0.187. The fourth-order valence-corrected chi connectivity index (χ4v) is 2.77. The number of rotatable bonds is 6. The van der Waals surface area contributed by atoms with Crippen LogP contribution in [-0.4, -0.2) is 46.6 Å². The number of H-pyrrole nitrogens is 1. The molecule has 1 aromatic carbocycles. The van der Waals surface area contributed by atoms with Crippen LogP contribution in [0.15, 0.2) is 51.6 Å². The molecule has 0 atom stereocenters. The molecule has 27 heavy (non-hydrogen) atoms. The Morgan fingerprint density at radius 2 is 2.19 bits per heavy atom. The van der Waals surface area contributed by atoms with Crippen LogP contribution in [0.5, 0.6) is 5.75 Å². The van der Waals surface area contributed by atoms with Crippen LogP contribution in [0.25, 0.3) is 22.5 Å². The zero-order chi connectivity index (χ0) is 18.8. The Hall–Kier alpha value is -3.55. The lowest BCUT2D eigenvalue weighted by atomic mass is 10.2. The van der Waals surface area contributed by atoms with Gasteiger partial charge in [-0.3, -0.25) is 4.79 Å². The van der Waals surface area contributed by atoms with Crippen molar-refractivity contribution in [3.63, 3.8) is 0 Å². The van der Waals surface area contributed by atoms with Gasteiger partial charge in [0.05, 0.1) is 13.4 Å². The van der Waals surface area contributed by atoms with E-state index in [1.807, 2.05) is 24.3 Å². The average Bonchev–Trinajstić information content (AvgIpc) is 3.44. The number of nitrogens with zero attached hydrogens (tertiary/aromatic N) is 3. The predicted octanol–water partition coefficient (Wildman–Crippen LogP) is 3.13. The van der Waals surface area contributed by atoms with Crippen LogP contribution in [0.3, 0.4) is 0 Å². The van der Waals surface area contributed by atoms with Crippen LogP contribution in [0.2, 0.25) is 0 Å². The summed E-state index contributed by atoms with van der Waals surface area (Å²) in [4.78, 5) is 21.4. The molecule has 3 aromatic heterocycles. The van der Waals surface area contributed by atoms with E-state index in [4.69, 9.17) is 13.7 Å². The van der Waals surface area contributed by atoms with Gasteiger partial charge in [0.1, 0.15) is 11.4 Å². The number of aromatic nitrogens is 3. The van der Waals surface area contributed by atoms with Gasteiger partial charge in [-0.25, -0.2) is 0 Å². The van der Waals surface area contributed by atoms with Gasteiger partial charge in [0.25, 0.3) is 11.8 Å². The average molecular weight is 366 g/mol. The molecule has 138 valence electrons. The third kappa shape index (κ3) is 3.41. The Morgan fingerprint density at radius 3 is 2.96 bits per heavy atom. The number of carbonyl (C=O) groups is 1. The standard InChI is InChI=1S/C19H18N4O4/c1-23(19(24)16-4-3-9-26-16)8-7-17-21-18(27-22-17)15-10-12-5-6-13(25-2)11-14(12)20-15/h3-6,9-11,20H,7-8H2,1-2H3. The van der Waals surface area contributed by atoms with Crippen LogP contribution >= 0.6 is 0 Å². The summed E-state index contributed by atoms with van der Waals surface area (Å²) in [6, 6.07) is 11.0. The highest BCUT2D eigenvalue weighted by molar-refractivity contribution is 5.91. The topological polar surface area (TPSA) is 97.4 Å². The van der Waals surface area contributed by atoms with E-state index >= 15 is 0 Å². The van der Waals surface area contributed by atoms with E-state index in [2.05, 4.69) is 15.1 Å². The first kappa shape index (κ1) is 16.9. The fourth-order valence-electron chi connectivity index (χ4n) is 2.77. The lowest BCUT2D eigenvalue weighted by Crippen LogP contribution is -2.28. The van der Waals surface area contributed by atoms with Crippen LogP contribution < -0.4 is 4.74 Å². The zero-order valence-electron chi connectivity index (χ0n) is 14.9. The number of ether oxygens (including phenoxy) is 1. The third-order valence-electron chi connectivity index (χ3n) is 4.28. The highest BCUT2D eigenvalue weighted by atomic mass is 16.5. The molecule has 1 N–H and O–H groups in total. The molecule has 0 saturated heterocycles. The summed E-state index contributed by atoms with van der Waals surface area (Å²) >= 11 is 0. The summed E-state index contributed by atoms with van der Waals surface area (Å²) in [7, 11) is 3.33. The van der Waals surface area contributed by atoms with E-state index in [-0.39, 0.29) is 5.91 Å². The van der Waals surface area contributed by atoms with Crippen molar-refractivity contribution in [2.45, 2.75) is 6.42 Å². The Bertz CT molecular complexity index is 1060. The van der Waals surface area contributed by atoms with Crippen molar-refractivity contribution in [2.24, 2.45) is 0 Å². The molecule has 8 heteroatoms. The number of fused-ring (bicyclic) bond motifs is 1. The number of methoxy groups -OCH3 is 1. The first-order valence-electron chi connectivity index (χ1n) is 8.43. The Kier molecular flexibility index (Phi) is 4.37. The summed E-state index contributed by atoms with van der Waals surface area (Å²) in [6.45, 7) is 0.447. The summed E-state index contributed by atoms with van der Waals surface area (Å²) in [5, 5.41) is 5.02. The number of carbonyl (C=O) groups excluding carboxylic acids is 1. The number of likely N-dealkylation sites (N-methyl/N-ethyl adjacent to an activating group) is 1. The summed E-state index contributed by atoms with van der Waals surface area (Å²) in [6.07, 6.45) is 1.95. The van der Waals surface area contributed by atoms with Crippen molar-refractivity contribution in [2.75, 3.05) is 20.7 Å². The van der Waals surface area contributed by atoms with E-state index < -0.39 is 0 Å². The van der Waals surface area contributed by atoms with Gasteiger partial charge in [0.15, 0.2) is 11.6 Å². The minimum Gasteiger partial charge on any atom is -0.497 e. The van der Waals surface area contributed by atoms with Crippen LogP contribution in [0, 0.1) is 0 Å². The maximum absolute atomic E-state index is 12.2. The van der Waals surface area contributed by atoms with Crippen molar-refractivity contribution in [3.8, 4) is 17.3 Å². The molecule has 1 amide bonds. The highest BCUT2D eigenvalue weighted by Gasteiger charge is 2.16. The molecule has 0 aliphatic rings. The van der Waals surface area contributed by atoms with Gasteiger partial charge >= 0.3 is 0 Å². The van der Waals surface area contributed by atoms with Crippen molar-refractivity contribution < 1.29 is 18.5 Å². The number of hydrogen-bond acceptors (Lipinski definition) is 6. The summed E-state index contributed by atoms with van der Waals surface area (Å²) in [5.41, 5.74) is 1.66. The molecule has 8 nitrogen and oxygen atoms in total. The number of aromatic amines is 1. The number of benzene rings is 1. The second-order valence-electron chi connectivity index (χ2n) is 6.11. The van der Waals surface area contributed by atoms with E-state index in [0.29, 0.717) is 30.4 Å². The largest absolute Gasteiger partial charge is 0.497 e. The SMILES string of the molecule is COc1ccc2cc(-c3nc(CCN(C)C(=O)c4ccco4)no3)[nH]c2c1. The quantitative estimate of drug-likeness (QED) is 0.563. The molecular formula is C19H18N4O4. The van der Waals surface area contributed by atoms with Gasteiger partial charge in [-0.15, -0.1) is 0 Å². The van der Waals surface area contributed by atoms with Gasteiger partial charge < -0.3 is 23.6 Å². The molecule has 0 bridgehead atoms. The van der Waals surface area contributed by atoms with Crippen molar-refractivity contribution >= 4 is 16.8 Å². The molecule has 4 aromatic rings. The first-order chi connectivity index (χ1) is 13.1. The van der Waals surface area contributed by atoms with Gasteiger partial charge in [0.2, 0.25) is 0 Å². The number of amides is 1. The lowest BCUT2D eigenvalue weighted by molar-refractivity contribution is 0.0764. The maximum Gasteiger partial charge on any atom is 0.289 e. The molecule has 3 heterocycles. The second-order valence-corrected chi connectivity index (χ2v) is 6.11. The van der Waals surface area contributed by atoms with Crippen molar-refractivity contribution in [3.05, 3.63) is 54.2 Å². The Labute approximate surface area is 154 Å². The second kappa shape index (κ2) is 6.99. The molecule has 0 aliphatic carbocycles. The molecule has 0 spiro atoms. The monoisotopic (exact) mass is 366 g/mol. The summed E-state index contributed by atoms with van der Waals surface area (Å²) < 4.78 is 15.7. The summed E-state index contributed by atoms with van der Waals surface area (Å²) in [5.74, 6) is 1.82. The van der Waals surface area contributed by atoms with E-state index in [0.717, 1.165) is 22.3 Å². The van der Waals surface area contributed by atoms with Gasteiger partial charge in [-0.05, 0) is 30.3 Å². The minimum absolute atomic E-state index is 0.187. The Balaban J connectivity index is 1.45. The van der Waals surface area contributed by atoms with Crippen molar-refractivity contribution in [1.29, 1.82) is 0 Å². The van der Waals surface area contributed by atoms with Crippen LogP contribution in [-0.2, 0) is 6.42 Å². The van der Waals surface area contributed by atoms with Crippen LogP contribution in [0.4, 0.5) is 0 Å². The number of furan rings is 1. The smallest absolute Gasteiger partial charge is 0.289 e. The molecule has 0 radical (unpaired) electrons. The maximum atomic E-state index is 12.2. The molecule has 0 saturated carbocycles. The van der Waals surface area contributed by atoms with E-state index in [1.165, 1.54) is 6.26 Å². The molecule has 0 aliphatic heterocycles.